The fourth-order valence-corrected chi connectivity index (χ4v) is 3.31. The zero-order chi connectivity index (χ0) is 15.2. The van der Waals surface area contributed by atoms with Crippen molar-refractivity contribution in [3.05, 3.63) is 51.9 Å². The van der Waals surface area contributed by atoms with E-state index in [-0.39, 0.29) is 5.56 Å². The molecule has 21 heavy (non-hydrogen) atoms. The van der Waals surface area contributed by atoms with Crippen molar-refractivity contribution in [2.24, 2.45) is 0 Å². The Morgan fingerprint density at radius 2 is 2.10 bits per heavy atom. The van der Waals surface area contributed by atoms with Gasteiger partial charge in [0.15, 0.2) is 5.16 Å². The van der Waals surface area contributed by atoms with Crippen molar-refractivity contribution >= 4 is 11.8 Å². The Morgan fingerprint density at radius 1 is 1.33 bits per heavy atom. The molecular weight excluding hydrogens is 282 g/mol. The third-order valence-corrected chi connectivity index (χ3v) is 4.19. The first-order valence-corrected chi connectivity index (χ1v) is 8.03. The Kier molecular flexibility index (Phi) is 5.59. The van der Waals surface area contributed by atoms with E-state index < -0.39 is 0 Å². The summed E-state index contributed by atoms with van der Waals surface area (Å²) in [6.07, 6.45) is 1.02. The van der Waals surface area contributed by atoms with Gasteiger partial charge < -0.3 is 10.3 Å². The highest BCUT2D eigenvalue weighted by Crippen LogP contribution is 2.32. The number of H-pyrrole nitrogens is 1. The molecule has 0 amide bonds. The van der Waals surface area contributed by atoms with Gasteiger partial charge in [-0.15, -0.1) is 0 Å². The highest BCUT2D eigenvalue weighted by Gasteiger charge is 2.13. The van der Waals surface area contributed by atoms with Gasteiger partial charge in [-0.1, -0.05) is 43.8 Å². The molecule has 1 unspecified atom stereocenters. The van der Waals surface area contributed by atoms with Crippen LogP contribution in [0.4, 0.5) is 0 Å². The van der Waals surface area contributed by atoms with E-state index in [0.29, 0.717) is 11.2 Å². The lowest BCUT2D eigenvalue weighted by atomic mass is 10.0. The Balaban J connectivity index is 2.33. The summed E-state index contributed by atoms with van der Waals surface area (Å²) in [5.74, 6) is 0. The number of hydrogen-bond donors (Lipinski definition) is 2. The lowest BCUT2D eigenvalue weighted by Crippen LogP contribution is -2.20. The van der Waals surface area contributed by atoms with Gasteiger partial charge in [-0.3, -0.25) is 4.79 Å². The molecule has 2 aromatic rings. The molecule has 0 fully saturated rings. The summed E-state index contributed by atoms with van der Waals surface area (Å²) in [5, 5.41) is 4.13. The predicted molar refractivity (Wildman–Crippen MR) is 86.9 cm³/mol. The van der Waals surface area contributed by atoms with E-state index in [4.69, 9.17) is 0 Å². The number of aromatic amines is 1. The summed E-state index contributed by atoms with van der Waals surface area (Å²) in [4.78, 5) is 19.9. The van der Waals surface area contributed by atoms with Crippen LogP contribution in [0.5, 0.6) is 0 Å². The largest absolute Gasteiger partial charge is 0.310 e. The Bertz CT molecular complexity index is 654. The minimum Gasteiger partial charge on any atom is -0.310 e. The molecule has 0 saturated heterocycles. The van der Waals surface area contributed by atoms with Crippen LogP contribution >= 0.6 is 11.8 Å². The third kappa shape index (κ3) is 4.19. The molecule has 4 nitrogen and oxygen atoms in total. The lowest BCUT2D eigenvalue weighted by Gasteiger charge is -2.19. The second-order valence-electron chi connectivity index (χ2n) is 4.85. The van der Waals surface area contributed by atoms with Gasteiger partial charge in [0, 0.05) is 22.7 Å². The van der Waals surface area contributed by atoms with E-state index >= 15 is 0 Å². The normalized spacial score (nSPS) is 12.3. The molecule has 2 rings (SSSR count). The molecular formula is C16H21N3OS. The number of aryl methyl sites for hydroxylation is 1. The number of nitrogens with one attached hydrogen (secondary N) is 2. The van der Waals surface area contributed by atoms with Crippen molar-refractivity contribution in [1.82, 2.24) is 15.3 Å². The fourth-order valence-electron chi connectivity index (χ4n) is 2.29. The summed E-state index contributed by atoms with van der Waals surface area (Å²) >= 11 is 1.51. The highest BCUT2D eigenvalue weighted by atomic mass is 32.2. The van der Waals surface area contributed by atoms with E-state index in [1.165, 1.54) is 23.4 Å². The molecule has 0 spiro atoms. The van der Waals surface area contributed by atoms with Gasteiger partial charge in [0.1, 0.15) is 0 Å². The summed E-state index contributed by atoms with van der Waals surface area (Å²) in [5.41, 5.74) is 1.87. The van der Waals surface area contributed by atoms with Crippen LogP contribution in [-0.4, -0.2) is 16.5 Å². The van der Waals surface area contributed by atoms with Crippen molar-refractivity contribution in [1.29, 1.82) is 0 Å². The SMILES string of the molecule is CCNC(CC)c1ccccc1Sc1nc(C)cc(=O)[nH]1. The predicted octanol–water partition coefficient (Wildman–Crippen LogP) is 3.29. The van der Waals surface area contributed by atoms with E-state index in [2.05, 4.69) is 41.3 Å². The zero-order valence-corrected chi connectivity index (χ0v) is 13.5. The smallest absolute Gasteiger partial charge is 0.251 e. The van der Waals surface area contributed by atoms with Gasteiger partial charge in [0.2, 0.25) is 0 Å². The van der Waals surface area contributed by atoms with Crippen molar-refractivity contribution in [3.8, 4) is 0 Å². The van der Waals surface area contributed by atoms with Crippen molar-refractivity contribution in [3.63, 3.8) is 0 Å². The number of benzene rings is 1. The molecule has 2 N–H and O–H groups in total. The van der Waals surface area contributed by atoms with E-state index in [9.17, 15) is 4.79 Å². The first kappa shape index (κ1) is 15.8. The Labute approximate surface area is 129 Å². The molecule has 0 radical (unpaired) electrons. The van der Waals surface area contributed by atoms with Crippen LogP contribution in [0.3, 0.4) is 0 Å². The summed E-state index contributed by atoms with van der Waals surface area (Å²) in [7, 11) is 0. The van der Waals surface area contributed by atoms with Crippen LogP contribution in [0.1, 0.15) is 37.6 Å². The Hall–Kier alpha value is -1.59. The van der Waals surface area contributed by atoms with E-state index in [1.807, 2.05) is 19.1 Å². The second-order valence-corrected chi connectivity index (χ2v) is 5.88. The molecule has 1 aromatic carbocycles. The molecule has 0 aliphatic carbocycles. The highest BCUT2D eigenvalue weighted by molar-refractivity contribution is 7.99. The number of aromatic nitrogens is 2. The summed E-state index contributed by atoms with van der Waals surface area (Å²) in [6.45, 7) is 7.04. The van der Waals surface area contributed by atoms with Gasteiger partial charge in [-0.25, -0.2) is 4.98 Å². The lowest BCUT2D eigenvalue weighted by molar-refractivity contribution is 0.530. The summed E-state index contributed by atoms with van der Waals surface area (Å²) in [6, 6.07) is 10.1. The number of hydrogen-bond acceptors (Lipinski definition) is 4. The van der Waals surface area contributed by atoms with Gasteiger partial charge in [0.05, 0.1) is 0 Å². The van der Waals surface area contributed by atoms with Gasteiger partial charge in [-0.2, -0.15) is 0 Å². The van der Waals surface area contributed by atoms with E-state index in [1.54, 1.807) is 0 Å². The third-order valence-electron chi connectivity index (χ3n) is 3.21. The maximum Gasteiger partial charge on any atom is 0.251 e. The molecule has 0 aliphatic rings. The quantitative estimate of drug-likeness (QED) is 0.804. The molecule has 1 aromatic heterocycles. The van der Waals surface area contributed by atoms with Crippen LogP contribution in [-0.2, 0) is 0 Å². The average Bonchev–Trinajstić information content (AvgIpc) is 2.44. The standard InChI is InChI=1S/C16H21N3OS/c1-4-13(17-5-2)12-8-6-7-9-14(12)21-16-18-11(3)10-15(20)19-16/h6-10,13,17H,4-5H2,1-3H3,(H,18,19,20). The van der Waals surface area contributed by atoms with Crippen molar-refractivity contribution in [2.75, 3.05) is 6.54 Å². The average molecular weight is 303 g/mol. The molecule has 1 atom stereocenters. The molecule has 5 heteroatoms. The van der Waals surface area contributed by atoms with Crippen LogP contribution in [0.25, 0.3) is 0 Å². The van der Waals surface area contributed by atoms with E-state index in [0.717, 1.165) is 23.6 Å². The van der Waals surface area contributed by atoms with Crippen molar-refractivity contribution < 1.29 is 0 Å². The molecule has 0 bridgehead atoms. The van der Waals surface area contributed by atoms with Crippen LogP contribution in [0.2, 0.25) is 0 Å². The monoisotopic (exact) mass is 303 g/mol. The maximum absolute atomic E-state index is 11.6. The first-order valence-electron chi connectivity index (χ1n) is 7.22. The second kappa shape index (κ2) is 7.43. The van der Waals surface area contributed by atoms with Crippen LogP contribution in [0.15, 0.2) is 45.2 Å². The maximum atomic E-state index is 11.6. The number of nitrogens with zero attached hydrogens (tertiary/aromatic N) is 1. The first-order chi connectivity index (χ1) is 10.1. The van der Waals surface area contributed by atoms with Crippen LogP contribution in [0, 0.1) is 6.92 Å². The topological polar surface area (TPSA) is 57.8 Å². The molecule has 112 valence electrons. The summed E-state index contributed by atoms with van der Waals surface area (Å²) < 4.78 is 0. The van der Waals surface area contributed by atoms with Gasteiger partial charge >= 0.3 is 0 Å². The molecule has 0 saturated carbocycles. The minimum absolute atomic E-state index is 0.110. The van der Waals surface area contributed by atoms with Crippen LogP contribution < -0.4 is 10.9 Å². The van der Waals surface area contributed by atoms with Gasteiger partial charge in [0.25, 0.3) is 5.56 Å². The zero-order valence-electron chi connectivity index (χ0n) is 12.6. The number of rotatable bonds is 6. The molecule has 0 aliphatic heterocycles. The Morgan fingerprint density at radius 3 is 2.76 bits per heavy atom. The fraction of sp³-hybridized carbons (Fsp3) is 0.375. The van der Waals surface area contributed by atoms with Crippen molar-refractivity contribution in [2.45, 2.75) is 43.3 Å². The minimum atomic E-state index is -0.110. The van der Waals surface area contributed by atoms with Gasteiger partial charge in [-0.05, 0) is 31.5 Å². The molecule has 1 heterocycles.